The number of H-pyrrole nitrogens is 1. The van der Waals surface area contributed by atoms with E-state index in [1.54, 1.807) is 12.3 Å². The number of fused-ring (bicyclic) bond motifs is 2. The van der Waals surface area contributed by atoms with E-state index < -0.39 is 6.09 Å². The van der Waals surface area contributed by atoms with Crippen LogP contribution in [0.2, 0.25) is 10.0 Å². The Bertz CT molecular complexity index is 958. The summed E-state index contributed by atoms with van der Waals surface area (Å²) in [4.78, 5) is 15.3. The van der Waals surface area contributed by atoms with Gasteiger partial charge in [0.25, 0.3) is 0 Å². The van der Waals surface area contributed by atoms with Crippen LogP contribution in [0, 0.1) is 0 Å². The SMILES string of the molecule is O=C1NCc2cc(SNc3ccc(Cl)c4c(Cl)c[nH]c34)ccc2O1. The van der Waals surface area contributed by atoms with Gasteiger partial charge in [0.05, 0.1) is 21.2 Å². The number of ether oxygens (including phenoxy) is 1. The molecule has 0 atom stereocenters. The van der Waals surface area contributed by atoms with E-state index in [0.29, 0.717) is 22.3 Å². The van der Waals surface area contributed by atoms with Crippen LogP contribution < -0.4 is 14.8 Å². The van der Waals surface area contributed by atoms with Crippen LogP contribution in [0.5, 0.6) is 5.75 Å². The van der Waals surface area contributed by atoms with Gasteiger partial charge in [-0.1, -0.05) is 23.2 Å². The quantitative estimate of drug-likeness (QED) is 0.547. The molecule has 8 heteroatoms. The number of aromatic amines is 1. The second-order valence-corrected chi connectivity index (χ2v) is 6.89. The van der Waals surface area contributed by atoms with Gasteiger partial charge in [0.1, 0.15) is 5.75 Å². The van der Waals surface area contributed by atoms with Gasteiger partial charge in [0, 0.05) is 28.6 Å². The highest BCUT2D eigenvalue weighted by molar-refractivity contribution is 8.00. The first-order valence-electron chi connectivity index (χ1n) is 7.08. The zero-order chi connectivity index (χ0) is 16.7. The van der Waals surface area contributed by atoms with Crippen molar-refractivity contribution in [2.24, 2.45) is 0 Å². The maximum Gasteiger partial charge on any atom is 0.412 e. The Morgan fingerprint density at radius 3 is 2.92 bits per heavy atom. The van der Waals surface area contributed by atoms with Gasteiger partial charge in [0.15, 0.2) is 0 Å². The van der Waals surface area contributed by atoms with Gasteiger partial charge >= 0.3 is 6.09 Å². The van der Waals surface area contributed by atoms with E-state index in [1.165, 1.54) is 11.9 Å². The minimum atomic E-state index is -0.423. The first kappa shape index (κ1) is 15.5. The number of rotatable bonds is 3. The van der Waals surface area contributed by atoms with Crippen molar-refractivity contribution in [1.82, 2.24) is 10.3 Å². The number of benzene rings is 2. The lowest BCUT2D eigenvalue weighted by atomic mass is 10.2. The van der Waals surface area contributed by atoms with E-state index in [4.69, 9.17) is 27.9 Å². The molecule has 0 spiro atoms. The summed E-state index contributed by atoms with van der Waals surface area (Å²) in [6, 6.07) is 9.36. The molecule has 122 valence electrons. The Labute approximate surface area is 151 Å². The number of hydrogen-bond acceptors (Lipinski definition) is 4. The van der Waals surface area contributed by atoms with Crippen LogP contribution in [-0.4, -0.2) is 11.1 Å². The summed E-state index contributed by atoms with van der Waals surface area (Å²) >= 11 is 13.8. The highest BCUT2D eigenvalue weighted by atomic mass is 35.5. The van der Waals surface area contributed by atoms with E-state index in [1.807, 2.05) is 24.3 Å². The van der Waals surface area contributed by atoms with E-state index in [0.717, 1.165) is 27.0 Å². The first-order chi connectivity index (χ1) is 11.6. The highest BCUT2D eigenvalue weighted by Crippen LogP contribution is 2.36. The van der Waals surface area contributed by atoms with Crippen LogP contribution in [0.4, 0.5) is 10.5 Å². The number of carbonyl (C=O) groups excluding carboxylic acids is 1. The molecule has 1 amide bonds. The Hall–Kier alpha value is -2.02. The standard InChI is InChI=1S/C16H11Cl2N3O2S/c17-10-2-3-12(15-14(10)11(18)7-19-15)21-24-9-1-4-13-8(5-9)6-20-16(22)23-13/h1-5,7,19,21H,6H2,(H,20,22). The van der Waals surface area contributed by atoms with E-state index in [2.05, 4.69) is 15.0 Å². The number of carbonyl (C=O) groups is 1. The lowest BCUT2D eigenvalue weighted by Gasteiger charge is -2.17. The number of aromatic nitrogens is 1. The van der Waals surface area contributed by atoms with Crippen LogP contribution in [0.1, 0.15) is 5.56 Å². The maximum atomic E-state index is 11.2. The summed E-state index contributed by atoms with van der Waals surface area (Å²) in [7, 11) is 0. The molecule has 1 aromatic heterocycles. The molecule has 5 nitrogen and oxygen atoms in total. The van der Waals surface area contributed by atoms with Crippen molar-refractivity contribution in [3.8, 4) is 5.75 Å². The van der Waals surface area contributed by atoms with Crippen molar-refractivity contribution >= 4 is 57.8 Å². The Morgan fingerprint density at radius 1 is 1.17 bits per heavy atom. The molecule has 2 aromatic carbocycles. The summed E-state index contributed by atoms with van der Waals surface area (Å²) in [5.41, 5.74) is 2.67. The molecule has 0 bridgehead atoms. The summed E-state index contributed by atoms with van der Waals surface area (Å²) in [6.07, 6.45) is 1.29. The zero-order valence-electron chi connectivity index (χ0n) is 12.2. The molecule has 0 saturated carbocycles. The minimum Gasteiger partial charge on any atom is -0.410 e. The molecule has 3 N–H and O–H groups in total. The van der Waals surface area contributed by atoms with Crippen LogP contribution in [0.3, 0.4) is 0 Å². The first-order valence-corrected chi connectivity index (χ1v) is 8.65. The smallest absolute Gasteiger partial charge is 0.410 e. The zero-order valence-corrected chi connectivity index (χ0v) is 14.5. The topological polar surface area (TPSA) is 66.2 Å². The van der Waals surface area contributed by atoms with Crippen molar-refractivity contribution < 1.29 is 9.53 Å². The van der Waals surface area contributed by atoms with Crippen molar-refractivity contribution in [1.29, 1.82) is 0 Å². The summed E-state index contributed by atoms with van der Waals surface area (Å²) in [5.74, 6) is 0.591. The predicted octanol–water partition coefficient (Wildman–Crippen LogP) is 5.20. The third-order valence-corrected chi connectivity index (χ3v) is 5.10. The Morgan fingerprint density at radius 2 is 2.04 bits per heavy atom. The van der Waals surface area contributed by atoms with Crippen LogP contribution >= 0.6 is 35.1 Å². The number of halogens is 2. The molecule has 24 heavy (non-hydrogen) atoms. The molecule has 1 aliphatic rings. The molecule has 0 fully saturated rings. The van der Waals surface area contributed by atoms with Crippen molar-refractivity contribution in [2.75, 3.05) is 4.72 Å². The average molecular weight is 380 g/mol. The predicted molar refractivity (Wildman–Crippen MR) is 97.1 cm³/mol. The highest BCUT2D eigenvalue weighted by Gasteiger charge is 2.16. The third kappa shape index (κ3) is 2.77. The fraction of sp³-hybridized carbons (Fsp3) is 0.0625. The summed E-state index contributed by atoms with van der Waals surface area (Å²) in [5, 5.41) is 4.64. The lowest BCUT2D eigenvalue weighted by molar-refractivity contribution is 0.194. The van der Waals surface area contributed by atoms with Gasteiger partial charge in [-0.25, -0.2) is 4.79 Å². The summed E-state index contributed by atoms with van der Waals surface area (Å²) < 4.78 is 8.41. The molecule has 2 heterocycles. The van der Waals surface area contributed by atoms with E-state index >= 15 is 0 Å². The van der Waals surface area contributed by atoms with E-state index in [-0.39, 0.29) is 0 Å². The Kier molecular flexibility index (Phi) is 3.96. The third-order valence-electron chi connectivity index (χ3n) is 3.67. The molecule has 0 unspecified atom stereocenters. The molecule has 0 aliphatic carbocycles. The second-order valence-electron chi connectivity index (χ2n) is 5.20. The molecule has 3 aromatic rings. The molecular weight excluding hydrogens is 369 g/mol. The van der Waals surface area contributed by atoms with Crippen LogP contribution in [0.15, 0.2) is 41.4 Å². The molecule has 0 radical (unpaired) electrons. The van der Waals surface area contributed by atoms with Crippen molar-refractivity contribution in [2.45, 2.75) is 11.4 Å². The van der Waals surface area contributed by atoms with Crippen molar-refractivity contribution in [3.63, 3.8) is 0 Å². The van der Waals surface area contributed by atoms with Gasteiger partial charge in [-0.2, -0.15) is 0 Å². The fourth-order valence-corrected chi connectivity index (χ4v) is 3.82. The largest absolute Gasteiger partial charge is 0.412 e. The molecule has 0 saturated heterocycles. The van der Waals surface area contributed by atoms with Gasteiger partial charge in [-0.15, -0.1) is 0 Å². The number of nitrogens with one attached hydrogen (secondary N) is 3. The van der Waals surface area contributed by atoms with E-state index in [9.17, 15) is 4.79 Å². The van der Waals surface area contributed by atoms with Crippen LogP contribution in [-0.2, 0) is 6.54 Å². The van der Waals surface area contributed by atoms with Gasteiger partial charge in [-0.05, 0) is 42.3 Å². The fourth-order valence-electron chi connectivity index (χ4n) is 2.53. The summed E-state index contributed by atoms with van der Waals surface area (Å²) in [6.45, 7) is 0.458. The van der Waals surface area contributed by atoms with Gasteiger partial charge < -0.3 is 19.8 Å². The normalized spacial score (nSPS) is 13.3. The number of anilines is 1. The number of amides is 1. The van der Waals surface area contributed by atoms with Crippen LogP contribution in [0.25, 0.3) is 10.9 Å². The Balaban J connectivity index is 1.58. The minimum absolute atomic E-state index is 0.423. The number of hydrogen-bond donors (Lipinski definition) is 3. The lowest BCUT2D eigenvalue weighted by Crippen LogP contribution is -2.31. The van der Waals surface area contributed by atoms with Gasteiger partial charge in [0.2, 0.25) is 0 Å². The molecule has 4 rings (SSSR count). The monoisotopic (exact) mass is 379 g/mol. The average Bonchev–Trinajstić information content (AvgIpc) is 2.97. The van der Waals surface area contributed by atoms with Gasteiger partial charge in [-0.3, -0.25) is 0 Å². The second kappa shape index (κ2) is 6.12. The molecule has 1 aliphatic heterocycles. The van der Waals surface area contributed by atoms with Crippen molar-refractivity contribution in [3.05, 3.63) is 52.1 Å². The molecular formula is C16H11Cl2N3O2S. The maximum absolute atomic E-state index is 11.2.